The minimum atomic E-state index is -4.84. The van der Waals surface area contributed by atoms with Crippen LogP contribution in [0, 0.1) is 0 Å². The maximum atomic E-state index is 11.9. The van der Waals surface area contributed by atoms with Crippen molar-refractivity contribution in [3.63, 3.8) is 0 Å². The first-order valence-electron chi connectivity index (χ1n) is 4.86. The third-order valence-corrected chi connectivity index (χ3v) is 3.20. The van der Waals surface area contributed by atoms with Crippen LogP contribution in [0.5, 0.6) is 0 Å². The van der Waals surface area contributed by atoms with Gasteiger partial charge in [-0.05, 0) is 24.1 Å². The summed E-state index contributed by atoms with van der Waals surface area (Å²) in [5, 5.41) is -0.214. The SMILES string of the molecule is O=C(CCc1ccc(P(=O)(O)O)cc1)C(F)(F)F. The molecule has 0 atom stereocenters. The van der Waals surface area contributed by atoms with Gasteiger partial charge in [-0.3, -0.25) is 9.36 Å². The van der Waals surface area contributed by atoms with Crippen molar-refractivity contribution in [3.8, 4) is 0 Å². The molecule has 0 spiro atoms. The lowest BCUT2D eigenvalue weighted by molar-refractivity contribution is -0.171. The van der Waals surface area contributed by atoms with Crippen LogP contribution in [0.15, 0.2) is 24.3 Å². The molecule has 1 rings (SSSR count). The van der Waals surface area contributed by atoms with Crippen molar-refractivity contribution in [1.82, 2.24) is 0 Å². The van der Waals surface area contributed by atoms with E-state index in [1.165, 1.54) is 12.1 Å². The Morgan fingerprint density at radius 2 is 1.67 bits per heavy atom. The highest BCUT2D eigenvalue weighted by molar-refractivity contribution is 7.60. The number of benzene rings is 1. The van der Waals surface area contributed by atoms with Crippen molar-refractivity contribution in [2.45, 2.75) is 19.0 Å². The zero-order chi connectivity index (χ0) is 14.0. The van der Waals surface area contributed by atoms with Crippen molar-refractivity contribution in [2.75, 3.05) is 0 Å². The zero-order valence-electron chi connectivity index (χ0n) is 9.02. The summed E-state index contributed by atoms with van der Waals surface area (Å²) in [5.74, 6) is -1.82. The molecule has 1 aromatic rings. The topological polar surface area (TPSA) is 74.6 Å². The quantitative estimate of drug-likeness (QED) is 0.822. The lowest BCUT2D eigenvalue weighted by Gasteiger charge is -2.06. The van der Waals surface area contributed by atoms with Gasteiger partial charge in [0.25, 0.3) is 0 Å². The molecule has 1 aromatic carbocycles. The van der Waals surface area contributed by atoms with Crippen molar-refractivity contribution >= 4 is 18.7 Å². The number of alkyl halides is 3. The van der Waals surface area contributed by atoms with E-state index in [1.54, 1.807) is 0 Å². The number of rotatable bonds is 4. The fraction of sp³-hybridized carbons (Fsp3) is 0.300. The van der Waals surface area contributed by atoms with Gasteiger partial charge in [0.1, 0.15) is 0 Å². The first-order chi connectivity index (χ1) is 8.10. The van der Waals surface area contributed by atoms with Gasteiger partial charge in [0.2, 0.25) is 5.78 Å². The summed E-state index contributed by atoms with van der Waals surface area (Å²) in [5.41, 5.74) is 0.407. The lowest BCUT2D eigenvalue weighted by Crippen LogP contribution is -2.22. The van der Waals surface area contributed by atoms with Crippen molar-refractivity contribution in [3.05, 3.63) is 29.8 Å². The zero-order valence-corrected chi connectivity index (χ0v) is 9.91. The molecule has 0 saturated carbocycles. The Bertz CT molecular complexity index is 475. The number of halogens is 3. The minimum absolute atomic E-state index is 0.125. The second kappa shape index (κ2) is 5.22. The third-order valence-electron chi connectivity index (χ3n) is 2.23. The average molecular weight is 282 g/mol. The van der Waals surface area contributed by atoms with Crippen molar-refractivity contribution in [1.29, 1.82) is 0 Å². The number of Topliss-reactive ketones (excluding diaryl/α,β-unsaturated/α-hetero) is 1. The molecule has 18 heavy (non-hydrogen) atoms. The van der Waals surface area contributed by atoms with Gasteiger partial charge in [0.05, 0.1) is 5.30 Å². The molecule has 0 aliphatic heterocycles. The highest BCUT2D eigenvalue weighted by atomic mass is 31.2. The van der Waals surface area contributed by atoms with E-state index < -0.39 is 26.0 Å². The van der Waals surface area contributed by atoms with Crippen LogP contribution in [-0.2, 0) is 15.8 Å². The first-order valence-corrected chi connectivity index (χ1v) is 6.47. The first kappa shape index (κ1) is 14.9. The van der Waals surface area contributed by atoms with Gasteiger partial charge < -0.3 is 9.79 Å². The molecule has 8 heteroatoms. The minimum Gasteiger partial charge on any atom is -0.321 e. The molecule has 4 nitrogen and oxygen atoms in total. The van der Waals surface area contributed by atoms with Gasteiger partial charge in [-0.15, -0.1) is 0 Å². The van der Waals surface area contributed by atoms with Gasteiger partial charge in [-0.2, -0.15) is 13.2 Å². The van der Waals surface area contributed by atoms with Crippen molar-refractivity contribution < 1.29 is 32.3 Å². The van der Waals surface area contributed by atoms with E-state index in [-0.39, 0.29) is 11.7 Å². The maximum Gasteiger partial charge on any atom is 0.449 e. The molecule has 2 N–H and O–H groups in total. The Hall–Kier alpha value is -1.17. The molecule has 0 amide bonds. The Balaban J connectivity index is 2.66. The number of carbonyl (C=O) groups excluding carboxylic acids is 1. The van der Waals surface area contributed by atoms with Gasteiger partial charge in [0, 0.05) is 6.42 Å². The van der Waals surface area contributed by atoms with E-state index in [4.69, 9.17) is 9.79 Å². The fourth-order valence-electron chi connectivity index (χ4n) is 1.26. The summed E-state index contributed by atoms with van der Waals surface area (Å²) >= 11 is 0. The van der Waals surface area contributed by atoms with Gasteiger partial charge in [0.15, 0.2) is 0 Å². The third kappa shape index (κ3) is 4.25. The van der Waals surface area contributed by atoms with E-state index in [0.29, 0.717) is 5.56 Å². The Morgan fingerprint density at radius 1 is 1.17 bits per heavy atom. The molecule has 0 aliphatic carbocycles. The fourth-order valence-corrected chi connectivity index (χ4v) is 1.79. The van der Waals surface area contributed by atoms with Crippen LogP contribution in [0.1, 0.15) is 12.0 Å². The normalized spacial score (nSPS) is 12.5. The van der Waals surface area contributed by atoms with E-state index in [0.717, 1.165) is 12.1 Å². The molecule has 0 unspecified atom stereocenters. The van der Waals surface area contributed by atoms with Crippen LogP contribution < -0.4 is 5.30 Å². The van der Waals surface area contributed by atoms with Crippen LogP contribution in [0.2, 0.25) is 0 Å². The standard InChI is InChI=1S/C10H10F3O4P/c11-10(12,13)9(14)6-3-7-1-4-8(5-2-7)18(15,16)17/h1-2,4-5H,3,6H2,(H2,15,16,17). The molecular formula is C10H10F3O4P. The van der Waals surface area contributed by atoms with E-state index in [9.17, 15) is 22.5 Å². The Labute approximate surface area is 101 Å². The van der Waals surface area contributed by atoms with Gasteiger partial charge in [-0.25, -0.2) is 0 Å². The number of ketones is 1. The molecule has 0 aromatic heterocycles. The summed E-state index contributed by atoms with van der Waals surface area (Å²) in [4.78, 5) is 28.2. The molecule has 100 valence electrons. The van der Waals surface area contributed by atoms with E-state index in [1.807, 2.05) is 0 Å². The second-order valence-electron chi connectivity index (χ2n) is 3.63. The van der Waals surface area contributed by atoms with E-state index in [2.05, 4.69) is 0 Å². The van der Waals surface area contributed by atoms with Crippen LogP contribution in [0.4, 0.5) is 13.2 Å². The lowest BCUT2D eigenvalue weighted by atomic mass is 10.1. The number of carbonyl (C=O) groups is 1. The summed E-state index contributed by atoms with van der Waals surface area (Å²) in [6.45, 7) is 0. The molecule has 0 radical (unpaired) electrons. The summed E-state index contributed by atoms with van der Waals surface area (Å²) in [7, 11) is -4.35. The van der Waals surface area contributed by atoms with Crippen molar-refractivity contribution in [2.24, 2.45) is 0 Å². The largest absolute Gasteiger partial charge is 0.449 e. The molecule has 0 heterocycles. The monoisotopic (exact) mass is 282 g/mol. The predicted molar refractivity (Wildman–Crippen MR) is 57.5 cm³/mol. The van der Waals surface area contributed by atoms with Crippen LogP contribution >= 0.6 is 7.60 Å². The van der Waals surface area contributed by atoms with Gasteiger partial charge >= 0.3 is 13.8 Å². The average Bonchev–Trinajstić information content (AvgIpc) is 2.24. The van der Waals surface area contributed by atoms with Crippen LogP contribution in [0.3, 0.4) is 0 Å². The Kier molecular flexibility index (Phi) is 4.32. The highest BCUT2D eigenvalue weighted by Gasteiger charge is 2.37. The number of hydrogen-bond acceptors (Lipinski definition) is 2. The molecule has 0 fully saturated rings. The summed E-state index contributed by atoms with van der Waals surface area (Å²) < 4.78 is 46.6. The van der Waals surface area contributed by atoms with Gasteiger partial charge in [-0.1, -0.05) is 12.1 Å². The smallest absolute Gasteiger partial charge is 0.321 e. The second-order valence-corrected chi connectivity index (χ2v) is 5.24. The number of hydrogen-bond donors (Lipinski definition) is 2. The number of aryl methyl sites for hydroxylation is 1. The Morgan fingerprint density at radius 3 is 2.06 bits per heavy atom. The summed E-state index contributed by atoms with van der Waals surface area (Å²) in [6.07, 6.45) is -5.65. The predicted octanol–water partition coefficient (Wildman–Crippen LogP) is 1.55. The molecule has 0 saturated heterocycles. The molecular weight excluding hydrogens is 272 g/mol. The van der Waals surface area contributed by atoms with Crippen LogP contribution in [-0.4, -0.2) is 21.7 Å². The summed E-state index contributed by atoms with van der Waals surface area (Å²) in [6, 6.07) is 4.85. The maximum absolute atomic E-state index is 11.9. The highest BCUT2D eigenvalue weighted by Crippen LogP contribution is 2.32. The van der Waals surface area contributed by atoms with Crippen LogP contribution in [0.25, 0.3) is 0 Å². The van der Waals surface area contributed by atoms with E-state index >= 15 is 0 Å². The molecule has 0 bridgehead atoms. The molecule has 0 aliphatic rings.